The zero-order chi connectivity index (χ0) is 16.9. The fraction of sp³-hybridized carbons (Fsp3) is 0.278. The van der Waals surface area contributed by atoms with Gasteiger partial charge in [0.15, 0.2) is 0 Å². The number of benzene rings is 1. The quantitative estimate of drug-likeness (QED) is 0.688. The molecule has 0 N–H and O–H groups in total. The van der Waals surface area contributed by atoms with Crippen molar-refractivity contribution in [2.24, 2.45) is 5.92 Å². The lowest BCUT2D eigenvalue weighted by atomic mass is 10.1. The van der Waals surface area contributed by atoms with E-state index in [0.717, 1.165) is 12.2 Å². The number of hydrogen-bond donors (Lipinski definition) is 0. The van der Waals surface area contributed by atoms with E-state index in [-0.39, 0.29) is 5.91 Å². The van der Waals surface area contributed by atoms with Crippen molar-refractivity contribution in [3.8, 4) is 5.69 Å². The van der Waals surface area contributed by atoms with E-state index in [0.29, 0.717) is 18.0 Å². The maximum atomic E-state index is 13.0. The number of rotatable bonds is 6. The van der Waals surface area contributed by atoms with E-state index in [1.165, 1.54) is 5.56 Å². The molecule has 0 spiro atoms. The standard InChI is InChI=1S/C18H20N4OS/c1-14(2)9-21(10-15-6-7-24-11-15)18(23)16-4-3-5-17(8-16)22-12-19-20-13-22/h3-8,11-14H,9-10H2,1-2H3. The summed E-state index contributed by atoms with van der Waals surface area (Å²) in [5, 5.41) is 11.8. The van der Waals surface area contributed by atoms with Crippen LogP contribution in [0.15, 0.2) is 53.7 Å². The first-order valence-corrected chi connectivity index (χ1v) is 8.83. The van der Waals surface area contributed by atoms with Crippen LogP contribution >= 0.6 is 11.3 Å². The Morgan fingerprint density at radius 2 is 2.04 bits per heavy atom. The first-order chi connectivity index (χ1) is 11.6. The molecule has 24 heavy (non-hydrogen) atoms. The van der Waals surface area contributed by atoms with Crippen LogP contribution in [0.1, 0.15) is 29.8 Å². The van der Waals surface area contributed by atoms with Gasteiger partial charge in [0.1, 0.15) is 12.7 Å². The molecule has 1 amide bonds. The zero-order valence-electron chi connectivity index (χ0n) is 13.8. The second kappa shape index (κ2) is 7.40. The van der Waals surface area contributed by atoms with Gasteiger partial charge in [-0.2, -0.15) is 11.3 Å². The van der Waals surface area contributed by atoms with Gasteiger partial charge in [-0.1, -0.05) is 19.9 Å². The van der Waals surface area contributed by atoms with Crippen LogP contribution in [0.3, 0.4) is 0 Å². The molecule has 0 radical (unpaired) electrons. The molecule has 0 saturated carbocycles. The number of carbonyl (C=O) groups is 1. The fourth-order valence-corrected chi connectivity index (χ4v) is 3.24. The molecule has 0 atom stereocenters. The minimum absolute atomic E-state index is 0.0461. The van der Waals surface area contributed by atoms with Gasteiger partial charge in [-0.15, -0.1) is 10.2 Å². The van der Waals surface area contributed by atoms with Crippen molar-refractivity contribution in [2.45, 2.75) is 20.4 Å². The highest BCUT2D eigenvalue weighted by Gasteiger charge is 2.18. The van der Waals surface area contributed by atoms with Gasteiger partial charge in [0.25, 0.3) is 5.91 Å². The Hall–Kier alpha value is -2.47. The molecule has 0 aliphatic heterocycles. The molecule has 3 rings (SSSR count). The highest BCUT2D eigenvalue weighted by molar-refractivity contribution is 7.07. The molecule has 1 aromatic carbocycles. The van der Waals surface area contributed by atoms with Crippen LogP contribution in [0.25, 0.3) is 5.69 Å². The maximum absolute atomic E-state index is 13.0. The summed E-state index contributed by atoms with van der Waals surface area (Å²) in [7, 11) is 0. The molecule has 0 saturated heterocycles. The van der Waals surface area contributed by atoms with E-state index in [9.17, 15) is 4.79 Å². The van der Waals surface area contributed by atoms with Gasteiger partial charge in [-0.25, -0.2) is 0 Å². The number of thiophene rings is 1. The number of hydrogen-bond acceptors (Lipinski definition) is 4. The molecule has 0 aliphatic rings. The smallest absolute Gasteiger partial charge is 0.254 e. The molecule has 124 valence electrons. The molecule has 2 aromatic heterocycles. The summed E-state index contributed by atoms with van der Waals surface area (Å²) in [6.45, 7) is 5.62. The largest absolute Gasteiger partial charge is 0.334 e. The fourth-order valence-electron chi connectivity index (χ4n) is 2.58. The Bertz CT molecular complexity index is 781. The van der Waals surface area contributed by atoms with Crippen molar-refractivity contribution in [1.29, 1.82) is 0 Å². The van der Waals surface area contributed by atoms with Crippen LogP contribution in [0.5, 0.6) is 0 Å². The first-order valence-electron chi connectivity index (χ1n) is 7.89. The summed E-state index contributed by atoms with van der Waals surface area (Å²) in [6, 6.07) is 9.63. The predicted octanol–water partition coefficient (Wildman–Crippen LogP) is 3.63. The van der Waals surface area contributed by atoms with Crippen molar-refractivity contribution < 1.29 is 4.79 Å². The van der Waals surface area contributed by atoms with E-state index < -0.39 is 0 Å². The van der Waals surface area contributed by atoms with Crippen LogP contribution < -0.4 is 0 Å². The van der Waals surface area contributed by atoms with Gasteiger partial charge >= 0.3 is 0 Å². The van der Waals surface area contributed by atoms with Gasteiger partial charge in [-0.3, -0.25) is 9.36 Å². The molecule has 0 bridgehead atoms. The number of nitrogens with zero attached hydrogens (tertiary/aromatic N) is 4. The van der Waals surface area contributed by atoms with Crippen LogP contribution in [0, 0.1) is 5.92 Å². The lowest BCUT2D eigenvalue weighted by Crippen LogP contribution is -2.33. The van der Waals surface area contributed by atoms with Crippen molar-refractivity contribution in [3.05, 3.63) is 64.9 Å². The average molecular weight is 340 g/mol. The Labute approximate surface area is 145 Å². The third kappa shape index (κ3) is 3.89. The lowest BCUT2D eigenvalue weighted by Gasteiger charge is -2.24. The summed E-state index contributed by atoms with van der Waals surface area (Å²) in [4.78, 5) is 14.9. The SMILES string of the molecule is CC(C)CN(Cc1ccsc1)C(=O)c1cccc(-n2cnnc2)c1. The van der Waals surface area contributed by atoms with Crippen LogP contribution in [0.2, 0.25) is 0 Å². The van der Waals surface area contributed by atoms with Gasteiger partial charge in [0.05, 0.1) is 0 Å². The molecule has 5 nitrogen and oxygen atoms in total. The van der Waals surface area contributed by atoms with Gasteiger partial charge < -0.3 is 4.90 Å². The third-order valence-electron chi connectivity index (χ3n) is 3.64. The van der Waals surface area contributed by atoms with Crippen LogP contribution in [-0.2, 0) is 6.54 Å². The Morgan fingerprint density at radius 3 is 2.71 bits per heavy atom. The van der Waals surface area contributed by atoms with E-state index in [4.69, 9.17) is 0 Å². The molecule has 0 unspecified atom stereocenters. The monoisotopic (exact) mass is 340 g/mol. The van der Waals surface area contributed by atoms with E-state index in [2.05, 4.69) is 35.5 Å². The minimum Gasteiger partial charge on any atom is -0.334 e. The predicted molar refractivity (Wildman–Crippen MR) is 95.3 cm³/mol. The van der Waals surface area contributed by atoms with Gasteiger partial charge in [0.2, 0.25) is 0 Å². The third-order valence-corrected chi connectivity index (χ3v) is 4.37. The minimum atomic E-state index is 0.0461. The normalized spacial score (nSPS) is 11.0. The molecule has 2 heterocycles. The van der Waals surface area contributed by atoms with E-state index in [1.54, 1.807) is 28.6 Å². The van der Waals surface area contributed by atoms with Crippen molar-refractivity contribution >= 4 is 17.2 Å². The Kier molecular flexibility index (Phi) is 5.05. The van der Waals surface area contributed by atoms with Crippen molar-refractivity contribution in [1.82, 2.24) is 19.7 Å². The van der Waals surface area contributed by atoms with Crippen LogP contribution in [0.4, 0.5) is 0 Å². The Morgan fingerprint density at radius 1 is 1.25 bits per heavy atom. The highest BCUT2D eigenvalue weighted by atomic mass is 32.1. The molecule has 3 aromatic rings. The summed E-state index contributed by atoms with van der Waals surface area (Å²) in [5.41, 5.74) is 2.73. The maximum Gasteiger partial charge on any atom is 0.254 e. The van der Waals surface area contributed by atoms with E-state index in [1.807, 2.05) is 34.5 Å². The summed E-state index contributed by atoms with van der Waals surface area (Å²) >= 11 is 1.65. The van der Waals surface area contributed by atoms with Crippen molar-refractivity contribution in [2.75, 3.05) is 6.54 Å². The molecular formula is C18H20N4OS. The molecular weight excluding hydrogens is 320 g/mol. The summed E-state index contributed by atoms with van der Waals surface area (Å²) in [5.74, 6) is 0.457. The lowest BCUT2D eigenvalue weighted by molar-refractivity contribution is 0.0723. The Balaban J connectivity index is 1.85. The van der Waals surface area contributed by atoms with Crippen LogP contribution in [-0.4, -0.2) is 32.1 Å². The number of amides is 1. The molecule has 0 fully saturated rings. The van der Waals surface area contributed by atoms with Gasteiger partial charge in [-0.05, 0) is 46.5 Å². The van der Waals surface area contributed by atoms with Gasteiger partial charge in [0, 0.05) is 24.3 Å². The summed E-state index contributed by atoms with van der Waals surface area (Å²) < 4.78 is 1.79. The first kappa shape index (κ1) is 16.4. The van der Waals surface area contributed by atoms with Crippen molar-refractivity contribution in [3.63, 3.8) is 0 Å². The average Bonchev–Trinajstić information content (AvgIpc) is 3.27. The molecule has 6 heteroatoms. The number of aromatic nitrogens is 3. The second-order valence-corrected chi connectivity index (χ2v) is 6.91. The zero-order valence-corrected chi connectivity index (χ0v) is 14.6. The second-order valence-electron chi connectivity index (χ2n) is 6.13. The number of carbonyl (C=O) groups excluding carboxylic acids is 1. The molecule has 0 aliphatic carbocycles. The highest BCUT2D eigenvalue weighted by Crippen LogP contribution is 2.16. The summed E-state index contributed by atoms with van der Waals surface area (Å²) in [6.07, 6.45) is 3.25. The van der Waals surface area contributed by atoms with E-state index >= 15 is 0 Å². The topological polar surface area (TPSA) is 51.0 Å².